The lowest BCUT2D eigenvalue weighted by atomic mass is 10.1. The smallest absolute Gasteiger partial charge is 0.192 e. The van der Waals surface area contributed by atoms with Crippen LogP contribution in [0.4, 0.5) is 0 Å². The van der Waals surface area contributed by atoms with Gasteiger partial charge in [0.15, 0.2) is 11.5 Å². The number of nitrogens with zero attached hydrogens (tertiary/aromatic N) is 3. The van der Waals surface area contributed by atoms with Gasteiger partial charge in [-0.15, -0.1) is 0 Å². The summed E-state index contributed by atoms with van der Waals surface area (Å²) in [5, 5.41) is 4.34. The van der Waals surface area contributed by atoms with Gasteiger partial charge in [0.1, 0.15) is 5.52 Å². The largest absolute Gasteiger partial charge is 0.441 e. The van der Waals surface area contributed by atoms with E-state index in [1.54, 1.807) is 0 Å². The Morgan fingerprint density at radius 3 is 2.89 bits per heavy atom. The fourth-order valence-electron chi connectivity index (χ4n) is 2.10. The summed E-state index contributed by atoms with van der Waals surface area (Å²) in [5.74, 6) is 0.676. The van der Waals surface area contributed by atoms with Crippen LogP contribution < -0.4 is 5.73 Å². The van der Waals surface area contributed by atoms with Crippen LogP contribution in [-0.2, 0) is 13.6 Å². The molecule has 0 aliphatic heterocycles. The molecule has 0 saturated heterocycles. The molecule has 5 heteroatoms. The van der Waals surface area contributed by atoms with Crippen LogP contribution in [0.25, 0.3) is 22.4 Å². The maximum absolute atomic E-state index is 5.60. The lowest BCUT2D eigenvalue weighted by molar-refractivity contribution is 0.561. The molecule has 0 saturated carbocycles. The van der Waals surface area contributed by atoms with Crippen molar-refractivity contribution in [2.45, 2.75) is 13.5 Å². The van der Waals surface area contributed by atoms with Crippen LogP contribution in [0.1, 0.15) is 11.6 Å². The van der Waals surface area contributed by atoms with Crippen molar-refractivity contribution < 1.29 is 4.42 Å². The number of hydrogen-bond acceptors (Lipinski definition) is 4. The Balaban J connectivity index is 2.15. The van der Waals surface area contributed by atoms with E-state index in [0.717, 1.165) is 28.1 Å². The summed E-state index contributed by atoms with van der Waals surface area (Å²) in [6, 6.07) is 7.93. The van der Waals surface area contributed by atoms with E-state index in [-0.39, 0.29) is 0 Å². The fraction of sp³-hybridized carbons (Fsp3) is 0.231. The van der Waals surface area contributed by atoms with Crippen molar-refractivity contribution in [2.24, 2.45) is 12.8 Å². The molecule has 0 amide bonds. The molecule has 2 heterocycles. The normalized spacial score (nSPS) is 11.3. The monoisotopic (exact) mass is 242 g/mol. The minimum Gasteiger partial charge on any atom is -0.441 e. The third-order valence-corrected chi connectivity index (χ3v) is 2.93. The zero-order valence-electron chi connectivity index (χ0n) is 10.3. The Bertz CT molecular complexity index is 711. The molecule has 3 rings (SSSR count). The van der Waals surface area contributed by atoms with Gasteiger partial charge < -0.3 is 10.2 Å². The number of rotatable bonds is 2. The molecule has 0 radical (unpaired) electrons. The van der Waals surface area contributed by atoms with Gasteiger partial charge in [-0.05, 0) is 24.3 Å². The highest BCUT2D eigenvalue weighted by Crippen LogP contribution is 2.24. The van der Waals surface area contributed by atoms with E-state index < -0.39 is 0 Å². The summed E-state index contributed by atoms with van der Waals surface area (Å²) < 4.78 is 7.29. The van der Waals surface area contributed by atoms with Gasteiger partial charge in [-0.3, -0.25) is 4.68 Å². The number of benzene rings is 1. The molecule has 2 aromatic heterocycles. The summed E-state index contributed by atoms with van der Waals surface area (Å²) in [7, 11) is 1.91. The second-order valence-corrected chi connectivity index (χ2v) is 4.26. The van der Waals surface area contributed by atoms with Crippen molar-refractivity contribution in [1.82, 2.24) is 14.8 Å². The fourth-order valence-corrected chi connectivity index (χ4v) is 2.10. The van der Waals surface area contributed by atoms with E-state index in [4.69, 9.17) is 10.2 Å². The van der Waals surface area contributed by atoms with E-state index in [1.165, 1.54) is 0 Å². The summed E-state index contributed by atoms with van der Waals surface area (Å²) in [6.07, 6.45) is 0. The first-order valence-electron chi connectivity index (χ1n) is 5.78. The Morgan fingerprint density at radius 1 is 1.33 bits per heavy atom. The van der Waals surface area contributed by atoms with Gasteiger partial charge in [0, 0.05) is 26.1 Å². The van der Waals surface area contributed by atoms with E-state index in [2.05, 4.69) is 10.1 Å². The average Bonchev–Trinajstić information content (AvgIpc) is 2.89. The minimum atomic E-state index is 0.444. The summed E-state index contributed by atoms with van der Waals surface area (Å²) in [6.45, 7) is 2.29. The highest BCUT2D eigenvalue weighted by atomic mass is 16.3. The van der Waals surface area contributed by atoms with Crippen molar-refractivity contribution in [3.63, 3.8) is 0 Å². The SMILES string of the molecule is Cc1nc2cc(-c3cc(CN)nn3C)ccc2o1. The molecule has 92 valence electrons. The first-order chi connectivity index (χ1) is 8.67. The van der Waals surface area contributed by atoms with Crippen molar-refractivity contribution in [2.75, 3.05) is 0 Å². The second kappa shape index (κ2) is 3.96. The van der Waals surface area contributed by atoms with Crippen LogP contribution in [0, 0.1) is 6.92 Å². The third kappa shape index (κ3) is 1.69. The van der Waals surface area contributed by atoms with Crippen LogP contribution in [0.5, 0.6) is 0 Å². The Labute approximate surface area is 104 Å². The van der Waals surface area contributed by atoms with E-state index in [9.17, 15) is 0 Å². The van der Waals surface area contributed by atoms with E-state index in [1.807, 2.05) is 42.9 Å². The zero-order chi connectivity index (χ0) is 12.7. The predicted octanol–water partition coefficient (Wildman–Crippen LogP) is 2.00. The predicted molar refractivity (Wildman–Crippen MR) is 68.8 cm³/mol. The molecule has 0 unspecified atom stereocenters. The van der Waals surface area contributed by atoms with Crippen molar-refractivity contribution in [1.29, 1.82) is 0 Å². The van der Waals surface area contributed by atoms with Crippen LogP contribution in [0.2, 0.25) is 0 Å². The molecule has 0 aliphatic carbocycles. The van der Waals surface area contributed by atoms with Crippen molar-refractivity contribution in [3.8, 4) is 11.3 Å². The van der Waals surface area contributed by atoms with Crippen LogP contribution in [0.15, 0.2) is 28.7 Å². The highest BCUT2D eigenvalue weighted by Gasteiger charge is 2.09. The molecule has 18 heavy (non-hydrogen) atoms. The molecule has 3 aromatic rings. The van der Waals surface area contributed by atoms with E-state index >= 15 is 0 Å². The molecule has 0 aliphatic rings. The number of aromatic nitrogens is 3. The number of oxazole rings is 1. The van der Waals surface area contributed by atoms with Crippen molar-refractivity contribution >= 4 is 11.1 Å². The summed E-state index contributed by atoms with van der Waals surface area (Å²) in [5.41, 5.74) is 10.2. The lowest BCUT2D eigenvalue weighted by Gasteiger charge is -2.00. The van der Waals surface area contributed by atoms with Crippen LogP contribution in [0.3, 0.4) is 0 Å². The maximum Gasteiger partial charge on any atom is 0.192 e. The number of aryl methyl sites for hydroxylation is 2. The Kier molecular flexibility index (Phi) is 2.41. The zero-order valence-corrected chi connectivity index (χ0v) is 10.3. The number of fused-ring (bicyclic) bond motifs is 1. The Morgan fingerprint density at radius 2 is 2.17 bits per heavy atom. The first-order valence-corrected chi connectivity index (χ1v) is 5.78. The van der Waals surface area contributed by atoms with Gasteiger partial charge in [0.25, 0.3) is 0 Å². The second-order valence-electron chi connectivity index (χ2n) is 4.26. The van der Waals surface area contributed by atoms with Gasteiger partial charge >= 0.3 is 0 Å². The maximum atomic E-state index is 5.60. The topological polar surface area (TPSA) is 69.9 Å². The van der Waals surface area contributed by atoms with Crippen LogP contribution >= 0.6 is 0 Å². The lowest BCUT2D eigenvalue weighted by Crippen LogP contribution is -1.98. The van der Waals surface area contributed by atoms with E-state index in [0.29, 0.717) is 12.4 Å². The highest BCUT2D eigenvalue weighted by molar-refractivity contribution is 5.79. The summed E-state index contributed by atoms with van der Waals surface area (Å²) >= 11 is 0. The summed E-state index contributed by atoms with van der Waals surface area (Å²) in [4.78, 5) is 4.33. The average molecular weight is 242 g/mol. The molecule has 2 N–H and O–H groups in total. The van der Waals surface area contributed by atoms with Gasteiger partial charge in [0.2, 0.25) is 0 Å². The van der Waals surface area contributed by atoms with Gasteiger partial charge in [-0.25, -0.2) is 4.98 Å². The third-order valence-electron chi connectivity index (χ3n) is 2.93. The molecule has 0 bridgehead atoms. The Hall–Kier alpha value is -2.14. The molecule has 1 aromatic carbocycles. The standard InChI is InChI=1S/C13H14N4O/c1-8-15-11-5-9(3-4-13(11)18-8)12-6-10(7-14)16-17(12)2/h3-6H,7,14H2,1-2H3. The van der Waals surface area contributed by atoms with Gasteiger partial charge in [0.05, 0.1) is 11.4 Å². The number of hydrogen-bond donors (Lipinski definition) is 1. The number of nitrogens with two attached hydrogens (primary N) is 1. The minimum absolute atomic E-state index is 0.444. The molecule has 0 atom stereocenters. The molecular formula is C13H14N4O. The first kappa shape index (κ1) is 11.0. The van der Waals surface area contributed by atoms with Crippen LogP contribution in [-0.4, -0.2) is 14.8 Å². The molecular weight excluding hydrogens is 228 g/mol. The molecule has 0 spiro atoms. The quantitative estimate of drug-likeness (QED) is 0.746. The van der Waals surface area contributed by atoms with Gasteiger partial charge in [-0.1, -0.05) is 0 Å². The van der Waals surface area contributed by atoms with Gasteiger partial charge in [-0.2, -0.15) is 5.10 Å². The molecule has 5 nitrogen and oxygen atoms in total. The van der Waals surface area contributed by atoms with Crippen molar-refractivity contribution in [3.05, 3.63) is 35.9 Å². The molecule has 0 fully saturated rings.